The number of benzene rings is 1. The van der Waals surface area contributed by atoms with Gasteiger partial charge in [0.2, 0.25) is 0 Å². The highest BCUT2D eigenvalue weighted by Gasteiger charge is 2.22. The highest BCUT2D eigenvalue weighted by atomic mass is 32.1. The van der Waals surface area contributed by atoms with Crippen LogP contribution >= 0.6 is 12.2 Å². The van der Waals surface area contributed by atoms with Gasteiger partial charge in [0.05, 0.1) is 25.3 Å². The number of hydrogen-bond acceptors (Lipinski definition) is 3. The summed E-state index contributed by atoms with van der Waals surface area (Å²) < 4.78 is 13.6. The van der Waals surface area contributed by atoms with E-state index < -0.39 is 0 Å². The van der Waals surface area contributed by atoms with Crippen molar-refractivity contribution in [1.29, 1.82) is 0 Å². The van der Waals surface area contributed by atoms with Gasteiger partial charge in [-0.1, -0.05) is 27.7 Å². The first kappa shape index (κ1) is 15.9. The summed E-state index contributed by atoms with van der Waals surface area (Å²) in [6, 6.07) is 3.91. The molecule has 0 radical (unpaired) electrons. The van der Waals surface area contributed by atoms with Crippen molar-refractivity contribution in [1.82, 2.24) is 9.55 Å². The van der Waals surface area contributed by atoms with Gasteiger partial charge in [0.15, 0.2) is 16.3 Å². The van der Waals surface area contributed by atoms with Crippen molar-refractivity contribution in [3.63, 3.8) is 0 Å². The molecule has 1 unspecified atom stereocenters. The molecule has 0 aliphatic carbocycles. The minimum Gasteiger partial charge on any atom is -0.493 e. The molecule has 4 nitrogen and oxygen atoms in total. The predicted molar refractivity (Wildman–Crippen MR) is 88.8 cm³/mol. The molecule has 0 bridgehead atoms. The molecule has 2 aromatic rings. The summed E-state index contributed by atoms with van der Waals surface area (Å²) in [5.74, 6) is 1.92. The number of aromatic nitrogens is 2. The summed E-state index contributed by atoms with van der Waals surface area (Å²) in [5, 5.41) is 0. The van der Waals surface area contributed by atoms with E-state index in [1.165, 1.54) is 0 Å². The number of fused-ring (bicyclic) bond motifs is 1. The standard InChI is InChI=1S/C16H24N2O2S/c1-10(16(2,3)4)9-18-12-8-14(20-6)13(19-5)7-11(12)17-15(18)21/h7-8,10H,9H2,1-6H3,(H,17,21). The monoisotopic (exact) mass is 308 g/mol. The van der Waals surface area contributed by atoms with Gasteiger partial charge < -0.3 is 19.0 Å². The fourth-order valence-electron chi connectivity index (χ4n) is 2.21. The Bertz CT molecular complexity index is 695. The SMILES string of the molecule is COc1cc2[nH]c(=S)n(CC(C)C(C)(C)C)c2cc1OC. The molecule has 2 rings (SSSR count). The van der Waals surface area contributed by atoms with E-state index in [9.17, 15) is 0 Å². The number of nitrogens with zero attached hydrogens (tertiary/aromatic N) is 1. The lowest BCUT2D eigenvalue weighted by atomic mass is 9.82. The van der Waals surface area contributed by atoms with Gasteiger partial charge in [-0.05, 0) is 23.6 Å². The summed E-state index contributed by atoms with van der Waals surface area (Å²) in [6.07, 6.45) is 0. The Kier molecular flexibility index (Phi) is 4.33. The molecular formula is C16H24N2O2S. The van der Waals surface area contributed by atoms with Crippen molar-refractivity contribution in [2.45, 2.75) is 34.2 Å². The van der Waals surface area contributed by atoms with Gasteiger partial charge in [0.25, 0.3) is 0 Å². The average Bonchev–Trinajstić information content (AvgIpc) is 2.71. The van der Waals surface area contributed by atoms with E-state index in [1.54, 1.807) is 14.2 Å². The molecule has 1 N–H and O–H groups in total. The van der Waals surface area contributed by atoms with Crippen molar-refractivity contribution < 1.29 is 9.47 Å². The lowest BCUT2D eigenvalue weighted by molar-refractivity contribution is 0.234. The molecule has 0 amide bonds. The quantitative estimate of drug-likeness (QED) is 0.851. The average molecular weight is 308 g/mol. The molecule has 116 valence electrons. The lowest BCUT2D eigenvalue weighted by Gasteiger charge is -2.27. The summed E-state index contributed by atoms with van der Waals surface area (Å²) >= 11 is 5.48. The molecular weight excluding hydrogens is 284 g/mol. The number of aromatic amines is 1. The molecule has 1 heterocycles. The number of rotatable bonds is 4. The Labute approximate surface area is 131 Å². The Morgan fingerprint density at radius 3 is 2.29 bits per heavy atom. The zero-order chi connectivity index (χ0) is 15.8. The molecule has 0 spiro atoms. The van der Waals surface area contributed by atoms with Crippen LogP contribution in [0, 0.1) is 16.1 Å². The smallest absolute Gasteiger partial charge is 0.178 e. The molecule has 0 aliphatic rings. The van der Waals surface area contributed by atoms with Gasteiger partial charge in [-0.15, -0.1) is 0 Å². The molecule has 5 heteroatoms. The van der Waals surface area contributed by atoms with Gasteiger partial charge in [0, 0.05) is 18.7 Å². The van der Waals surface area contributed by atoms with Gasteiger partial charge in [-0.3, -0.25) is 0 Å². The Morgan fingerprint density at radius 1 is 1.19 bits per heavy atom. The zero-order valence-corrected chi connectivity index (χ0v) is 14.4. The molecule has 0 saturated carbocycles. The van der Waals surface area contributed by atoms with Crippen molar-refractivity contribution in [3.8, 4) is 11.5 Å². The maximum absolute atomic E-state index is 5.48. The first-order chi connectivity index (χ1) is 9.77. The Hall–Kier alpha value is -1.49. The van der Waals surface area contributed by atoms with Crippen LogP contribution in [-0.4, -0.2) is 23.8 Å². The van der Waals surface area contributed by atoms with Crippen LogP contribution in [0.5, 0.6) is 11.5 Å². The molecule has 0 aliphatic heterocycles. The molecule has 21 heavy (non-hydrogen) atoms. The second-order valence-electron chi connectivity index (χ2n) is 6.53. The van der Waals surface area contributed by atoms with Crippen molar-refractivity contribution in [2.24, 2.45) is 11.3 Å². The number of ether oxygens (including phenoxy) is 2. The largest absolute Gasteiger partial charge is 0.493 e. The first-order valence-electron chi connectivity index (χ1n) is 7.12. The van der Waals surface area contributed by atoms with Crippen molar-refractivity contribution >= 4 is 23.3 Å². The lowest BCUT2D eigenvalue weighted by Crippen LogP contribution is -2.22. The van der Waals surface area contributed by atoms with Crippen LogP contribution in [-0.2, 0) is 6.54 Å². The van der Waals surface area contributed by atoms with Gasteiger partial charge in [0.1, 0.15) is 0 Å². The van der Waals surface area contributed by atoms with E-state index in [0.29, 0.717) is 11.7 Å². The third-order valence-electron chi connectivity index (χ3n) is 4.21. The highest BCUT2D eigenvalue weighted by molar-refractivity contribution is 7.71. The Morgan fingerprint density at radius 2 is 1.76 bits per heavy atom. The number of nitrogens with one attached hydrogen (secondary N) is 1. The fraction of sp³-hybridized carbons (Fsp3) is 0.562. The Balaban J connectivity index is 2.54. The summed E-state index contributed by atoms with van der Waals surface area (Å²) in [7, 11) is 3.28. The third-order valence-corrected chi connectivity index (χ3v) is 4.54. The third kappa shape index (κ3) is 3.07. The maximum Gasteiger partial charge on any atom is 0.178 e. The van der Waals surface area contributed by atoms with Crippen LogP contribution in [0.15, 0.2) is 12.1 Å². The van der Waals surface area contributed by atoms with Crippen LogP contribution in [0.3, 0.4) is 0 Å². The predicted octanol–water partition coefficient (Wildman–Crippen LogP) is 4.40. The van der Waals surface area contributed by atoms with Crippen molar-refractivity contribution in [2.75, 3.05) is 14.2 Å². The molecule has 0 saturated heterocycles. The summed E-state index contributed by atoms with van der Waals surface area (Å²) in [4.78, 5) is 3.25. The van der Waals surface area contributed by atoms with Gasteiger partial charge in [-0.25, -0.2) is 0 Å². The fourth-order valence-corrected chi connectivity index (χ4v) is 2.50. The van der Waals surface area contributed by atoms with Gasteiger partial charge in [-0.2, -0.15) is 0 Å². The molecule has 1 aromatic heterocycles. The molecule has 1 atom stereocenters. The van der Waals surface area contributed by atoms with E-state index in [2.05, 4.69) is 37.2 Å². The van der Waals surface area contributed by atoms with Crippen molar-refractivity contribution in [3.05, 3.63) is 16.9 Å². The number of hydrogen-bond donors (Lipinski definition) is 1. The first-order valence-corrected chi connectivity index (χ1v) is 7.53. The zero-order valence-electron chi connectivity index (χ0n) is 13.6. The van der Waals surface area contributed by atoms with Gasteiger partial charge >= 0.3 is 0 Å². The number of imidazole rings is 1. The highest BCUT2D eigenvalue weighted by Crippen LogP contribution is 2.33. The van der Waals surface area contributed by atoms with E-state index in [-0.39, 0.29) is 5.41 Å². The topological polar surface area (TPSA) is 39.2 Å². The second-order valence-corrected chi connectivity index (χ2v) is 6.92. The van der Waals surface area contributed by atoms with Crippen LogP contribution in [0.2, 0.25) is 0 Å². The molecule has 0 fully saturated rings. The minimum absolute atomic E-state index is 0.231. The summed E-state index contributed by atoms with van der Waals surface area (Å²) in [5.41, 5.74) is 2.25. The van der Waals surface area contributed by atoms with Crippen LogP contribution in [0.1, 0.15) is 27.7 Å². The van der Waals surface area contributed by atoms with E-state index in [4.69, 9.17) is 21.7 Å². The van der Waals surface area contributed by atoms with E-state index in [0.717, 1.165) is 28.1 Å². The number of methoxy groups -OCH3 is 2. The minimum atomic E-state index is 0.231. The van der Waals surface area contributed by atoms with Crippen LogP contribution in [0.25, 0.3) is 11.0 Å². The normalized spacial score (nSPS) is 13.4. The van der Waals surface area contributed by atoms with E-state index in [1.807, 2.05) is 12.1 Å². The van der Waals surface area contributed by atoms with Crippen LogP contribution in [0.4, 0.5) is 0 Å². The molecule has 1 aromatic carbocycles. The second kappa shape index (κ2) is 5.72. The summed E-state index contributed by atoms with van der Waals surface area (Å²) in [6.45, 7) is 9.87. The maximum atomic E-state index is 5.48. The van der Waals surface area contributed by atoms with E-state index >= 15 is 0 Å². The van der Waals surface area contributed by atoms with Crippen LogP contribution < -0.4 is 9.47 Å². The number of H-pyrrole nitrogens is 1.